The van der Waals surface area contributed by atoms with Gasteiger partial charge in [-0.2, -0.15) is 0 Å². The molecule has 1 aliphatic heterocycles. The molecule has 6 nitrogen and oxygen atoms in total. The Kier molecular flexibility index (Phi) is 6.41. The fourth-order valence-electron chi connectivity index (χ4n) is 3.93. The highest BCUT2D eigenvalue weighted by Gasteiger charge is 2.20. The topological polar surface area (TPSA) is 70.7 Å². The molecule has 1 saturated heterocycles. The monoisotopic (exact) mass is 443 g/mol. The van der Waals surface area contributed by atoms with Crippen LogP contribution in [-0.2, 0) is 16.4 Å². The summed E-state index contributed by atoms with van der Waals surface area (Å²) in [7, 11) is -2.10. The van der Waals surface area contributed by atoms with E-state index in [1.165, 1.54) is 12.1 Å². The average Bonchev–Trinajstić information content (AvgIpc) is 2.79. The van der Waals surface area contributed by atoms with Gasteiger partial charge < -0.3 is 15.0 Å². The summed E-state index contributed by atoms with van der Waals surface area (Å²) in [5, 5.41) is 5.02. The van der Waals surface area contributed by atoms with E-state index < -0.39 is 10.0 Å². The van der Waals surface area contributed by atoms with Crippen LogP contribution in [0.4, 0.5) is 10.1 Å². The highest BCUT2D eigenvalue weighted by atomic mass is 32.2. The van der Waals surface area contributed by atoms with Crippen molar-refractivity contribution in [3.63, 3.8) is 0 Å². The van der Waals surface area contributed by atoms with Crippen LogP contribution in [-0.4, -0.2) is 48.3 Å². The fourth-order valence-corrected chi connectivity index (χ4v) is 4.98. The summed E-state index contributed by atoms with van der Waals surface area (Å²) in [6.07, 6.45) is 0.503. The van der Waals surface area contributed by atoms with Gasteiger partial charge >= 0.3 is 0 Å². The molecule has 2 N–H and O–H groups in total. The van der Waals surface area contributed by atoms with Gasteiger partial charge in [-0.05, 0) is 53.1 Å². The molecule has 0 unspecified atom stereocenters. The third kappa shape index (κ3) is 4.81. The minimum atomic E-state index is -3.68. The molecular formula is C23H26FN3O3S. The SMILES string of the molecule is COc1ccc(S(=O)(=O)NCCc2cccc3cc(F)ccc23)cc1N1CCNCC1. The van der Waals surface area contributed by atoms with E-state index in [0.717, 1.165) is 48.2 Å². The van der Waals surface area contributed by atoms with E-state index in [9.17, 15) is 12.8 Å². The maximum atomic E-state index is 13.5. The molecule has 0 bridgehead atoms. The Hall–Kier alpha value is -2.68. The molecule has 0 amide bonds. The highest BCUT2D eigenvalue weighted by molar-refractivity contribution is 7.89. The molecule has 3 aromatic carbocycles. The number of ether oxygens (including phenoxy) is 1. The van der Waals surface area contributed by atoms with E-state index in [1.807, 2.05) is 18.2 Å². The van der Waals surface area contributed by atoms with Crippen molar-refractivity contribution < 1.29 is 17.5 Å². The van der Waals surface area contributed by atoms with Crippen molar-refractivity contribution in [1.29, 1.82) is 0 Å². The molecule has 0 saturated carbocycles. The Morgan fingerprint density at radius 3 is 2.68 bits per heavy atom. The van der Waals surface area contributed by atoms with Gasteiger partial charge in [0.1, 0.15) is 11.6 Å². The Morgan fingerprint density at radius 2 is 1.90 bits per heavy atom. The Morgan fingerprint density at radius 1 is 1.10 bits per heavy atom. The predicted molar refractivity (Wildman–Crippen MR) is 121 cm³/mol. The minimum Gasteiger partial charge on any atom is -0.495 e. The van der Waals surface area contributed by atoms with Crippen molar-refractivity contribution in [2.45, 2.75) is 11.3 Å². The molecule has 0 aliphatic carbocycles. The summed E-state index contributed by atoms with van der Waals surface area (Å²) < 4.78 is 47.5. The van der Waals surface area contributed by atoms with Crippen molar-refractivity contribution in [1.82, 2.24) is 10.0 Å². The second kappa shape index (κ2) is 9.21. The summed E-state index contributed by atoms with van der Waals surface area (Å²) in [5.41, 5.74) is 1.75. The van der Waals surface area contributed by atoms with Crippen LogP contribution >= 0.6 is 0 Å². The molecule has 4 rings (SSSR count). The number of hydrogen-bond acceptors (Lipinski definition) is 5. The van der Waals surface area contributed by atoms with E-state index in [2.05, 4.69) is 14.9 Å². The van der Waals surface area contributed by atoms with E-state index in [-0.39, 0.29) is 17.3 Å². The molecule has 0 spiro atoms. The van der Waals surface area contributed by atoms with Crippen LogP contribution in [0.2, 0.25) is 0 Å². The average molecular weight is 444 g/mol. The van der Waals surface area contributed by atoms with Gasteiger partial charge in [0.05, 0.1) is 17.7 Å². The highest BCUT2D eigenvalue weighted by Crippen LogP contribution is 2.31. The number of fused-ring (bicyclic) bond motifs is 1. The number of hydrogen-bond donors (Lipinski definition) is 2. The zero-order valence-electron chi connectivity index (χ0n) is 17.4. The number of nitrogens with one attached hydrogen (secondary N) is 2. The summed E-state index contributed by atoms with van der Waals surface area (Å²) >= 11 is 0. The number of methoxy groups -OCH3 is 1. The first-order valence-corrected chi connectivity index (χ1v) is 11.8. The van der Waals surface area contributed by atoms with Crippen LogP contribution in [0.15, 0.2) is 59.5 Å². The number of rotatable bonds is 7. The molecule has 1 aliphatic rings. The molecule has 1 heterocycles. The van der Waals surface area contributed by atoms with E-state index >= 15 is 0 Å². The molecule has 164 valence electrons. The van der Waals surface area contributed by atoms with E-state index in [4.69, 9.17) is 4.74 Å². The van der Waals surface area contributed by atoms with Crippen LogP contribution in [0.1, 0.15) is 5.56 Å². The van der Waals surface area contributed by atoms with Crippen molar-refractivity contribution in [2.24, 2.45) is 0 Å². The molecule has 0 aromatic heterocycles. The lowest BCUT2D eigenvalue weighted by molar-refractivity contribution is 0.412. The number of sulfonamides is 1. The zero-order valence-corrected chi connectivity index (χ0v) is 18.2. The third-order valence-corrected chi connectivity index (χ3v) is 7.00. The van der Waals surface area contributed by atoms with Crippen LogP contribution < -0.4 is 19.7 Å². The van der Waals surface area contributed by atoms with Gasteiger partial charge in [0.25, 0.3) is 0 Å². The molecule has 0 atom stereocenters. The first kappa shape index (κ1) is 21.5. The maximum absolute atomic E-state index is 13.5. The lowest BCUT2D eigenvalue weighted by Gasteiger charge is -2.30. The minimum absolute atomic E-state index is 0.210. The van der Waals surface area contributed by atoms with Gasteiger partial charge in [0.15, 0.2) is 0 Å². The standard InChI is InChI=1S/C23H26FN3O3S/c1-30-23-8-6-20(16-22(23)27-13-11-25-12-14-27)31(28,29)26-10-9-17-3-2-4-18-15-19(24)5-7-21(17)18/h2-8,15-16,25-26H,9-14H2,1H3. The van der Waals surface area contributed by atoms with Crippen LogP contribution in [0.3, 0.4) is 0 Å². The van der Waals surface area contributed by atoms with Gasteiger partial charge in [-0.15, -0.1) is 0 Å². The number of anilines is 1. The molecule has 1 fully saturated rings. The lowest BCUT2D eigenvalue weighted by atomic mass is 10.0. The number of halogens is 1. The van der Waals surface area contributed by atoms with Crippen molar-refractivity contribution in [3.05, 3.63) is 66.0 Å². The van der Waals surface area contributed by atoms with E-state index in [1.54, 1.807) is 31.4 Å². The second-order valence-corrected chi connectivity index (χ2v) is 9.27. The van der Waals surface area contributed by atoms with Crippen LogP contribution in [0.5, 0.6) is 5.75 Å². The van der Waals surface area contributed by atoms with Gasteiger partial charge in [0, 0.05) is 32.7 Å². The second-order valence-electron chi connectivity index (χ2n) is 7.50. The Labute approximate surface area is 182 Å². The quantitative estimate of drug-likeness (QED) is 0.588. The van der Waals surface area contributed by atoms with Crippen molar-refractivity contribution in [3.8, 4) is 5.75 Å². The molecule has 8 heteroatoms. The summed E-state index contributed by atoms with van der Waals surface area (Å²) in [5.74, 6) is 0.369. The van der Waals surface area contributed by atoms with E-state index in [0.29, 0.717) is 12.2 Å². The Bertz CT molecular complexity index is 1180. The number of benzene rings is 3. The predicted octanol–water partition coefficient (Wildman–Crippen LogP) is 2.92. The first-order chi connectivity index (χ1) is 15.0. The van der Waals surface area contributed by atoms with Gasteiger partial charge in [0.2, 0.25) is 10.0 Å². The lowest BCUT2D eigenvalue weighted by Crippen LogP contribution is -2.43. The number of piperazine rings is 1. The van der Waals surface area contributed by atoms with Crippen molar-refractivity contribution in [2.75, 3.05) is 44.7 Å². The Balaban J connectivity index is 1.50. The number of nitrogens with zero attached hydrogens (tertiary/aromatic N) is 1. The molecule has 3 aromatic rings. The largest absolute Gasteiger partial charge is 0.495 e. The summed E-state index contributed by atoms with van der Waals surface area (Å²) in [4.78, 5) is 2.34. The fraction of sp³-hybridized carbons (Fsp3) is 0.304. The smallest absolute Gasteiger partial charge is 0.240 e. The summed E-state index contributed by atoms with van der Waals surface area (Å²) in [6.45, 7) is 3.50. The van der Waals surface area contributed by atoms with Crippen molar-refractivity contribution >= 4 is 26.5 Å². The first-order valence-electron chi connectivity index (χ1n) is 10.3. The zero-order chi connectivity index (χ0) is 21.8. The summed E-state index contributed by atoms with van der Waals surface area (Å²) in [6, 6.07) is 15.2. The third-order valence-electron chi connectivity index (χ3n) is 5.54. The van der Waals surface area contributed by atoms with Crippen LogP contribution in [0.25, 0.3) is 10.8 Å². The maximum Gasteiger partial charge on any atom is 0.240 e. The van der Waals surface area contributed by atoms with Gasteiger partial charge in [-0.3, -0.25) is 0 Å². The normalized spacial score (nSPS) is 14.7. The molecule has 31 heavy (non-hydrogen) atoms. The molecule has 0 radical (unpaired) electrons. The van der Waals surface area contributed by atoms with Gasteiger partial charge in [-0.25, -0.2) is 17.5 Å². The van der Waals surface area contributed by atoms with Crippen LogP contribution in [0, 0.1) is 5.82 Å². The van der Waals surface area contributed by atoms with Gasteiger partial charge in [-0.1, -0.05) is 24.3 Å². The molecular weight excluding hydrogens is 417 g/mol.